The van der Waals surface area contributed by atoms with E-state index in [2.05, 4.69) is 35.2 Å². The Hall–Kier alpha value is -1.94. The first-order valence-corrected chi connectivity index (χ1v) is 7.15. The highest BCUT2D eigenvalue weighted by Crippen LogP contribution is 2.30. The van der Waals surface area contributed by atoms with Gasteiger partial charge in [-0.3, -0.25) is 0 Å². The first-order valence-electron chi connectivity index (χ1n) is 7.15. The van der Waals surface area contributed by atoms with Crippen molar-refractivity contribution in [3.8, 4) is 0 Å². The third-order valence-electron chi connectivity index (χ3n) is 3.60. The predicted molar refractivity (Wildman–Crippen MR) is 84.6 cm³/mol. The Kier molecular flexibility index (Phi) is 4.58. The summed E-state index contributed by atoms with van der Waals surface area (Å²) in [5, 5.41) is 14.9. The molecule has 0 aliphatic heterocycles. The first kappa shape index (κ1) is 15.4. The lowest BCUT2D eigenvalue weighted by Crippen LogP contribution is -2.35. The molecule has 2 unspecified atom stereocenters. The zero-order valence-corrected chi connectivity index (χ0v) is 13.1. The molecule has 1 heterocycles. The highest BCUT2D eigenvalue weighted by molar-refractivity contribution is 5.63. The fourth-order valence-corrected chi connectivity index (χ4v) is 2.25. The molecule has 0 bridgehead atoms. The van der Waals surface area contributed by atoms with Crippen molar-refractivity contribution in [1.82, 2.24) is 14.8 Å². The molecule has 1 aromatic heterocycles. The Morgan fingerprint density at radius 3 is 2.43 bits per heavy atom. The largest absolute Gasteiger partial charge is 0.390 e. The smallest absolute Gasteiger partial charge is 0.137 e. The van der Waals surface area contributed by atoms with Crippen LogP contribution in [0.4, 0.5) is 0 Å². The molecule has 1 N–H and O–H groups in total. The molecule has 2 atom stereocenters. The topological polar surface area (TPSA) is 50.9 Å². The summed E-state index contributed by atoms with van der Waals surface area (Å²) >= 11 is 0. The van der Waals surface area contributed by atoms with Gasteiger partial charge in [0.1, 0.15) is 12.7 Å². The third-order valence-corrected chi connectivity index (χ3v) is 3.60. The number of benzene rings is 1. The minimum atomic E-state index is -0.558. The Morgan fingerprint density at radius 2 is 1.90 bits per heavy atom. The summed E-state index contributed by atoms with van der Waals surface area (Å²) in [7, 11) is 0. The average molecular weight is 285 g/mol. The highest BCUT2D eigenvalue weighted by Gasteiger charge is 2.31. The monoisotopic (exact) mass is 285 g/mol. The molecular formula is C17H23N3O. The van der Waals surface area contributed by atoms with Crippen LogP contribution in [0.5, 0.6) is 0 Å². The molecule has 0 radical (unpaired) electrons. The van der Waals surface area contributed by atoms with E-state index < -0.39 is 6.10 Å². The molecule has 112 valence electrons. The molecule has 2 rings (SSSR count). The number of rotatable bonds is 4. The van der Waals surface area contributed by atoms with Crippen LogP contribution in [0.25, 0.3) is 5.57 Å². The van der Waals surface area contributed by atoms with Gasteiger partial charge in [-0.05, 0) is 23.5 Å². The summed E-state index contributed by atoms with van der Waals surface area (Å²) in [5.41, 5.74) is 2.01. The van der Waals surface area contributed by atoms with E-state index >= 15 is 0 Å². The van der Waals surface area contributed by atoms with Gasteiger partial charge in [0.2, 0.25) is 0 Å². The lowest BCUT2D eigenvalue weighted by Gasteiger charge is -2.31. The van der Waals surface area contributed by atoms with Gasteiger partial charge in [-0.15, -0.1) is 0 Å². The van der Waals surface area contributed by atoms with E-state index in [0.29, 0.717) is 0 Å². The molecule has 0 spiro atoms. The van der Waals surface area contributed by atoms with Crippen molar-refractivity contribution in [3.63, 3.8) is 0 Å². The predicted octanol–water partition coefficient (Wildman–Crippen LogP) is 3.33. The summed E-state index contributed by atoms with van der Waals surface area (Å²) in [4.78, 5) is 4.00. The van der Waals surface area contributed by atoms with E-state index in [4.69, 9.17) is 0 Å². The Balaban J connectivity index is 2.37. The van der Waals surface area contributed by atoms with Crippen LogP contribution in [-0.2, 0) is 0 Å². The fraction of sp³-hybridized carbons (Fsp3) is 0.412. The molecule has 4 heteroatoms. The number of nitrogens with zero attached hydrogens (tertiary/aromatic N) is 3. The van der Waals surface area contributed by atoms with Crippen LogP contribution in [0.1, 0.15) is 39.3 Å². The van der Waals surface area contributed by atoms with Gasteiger partial charge >= 0.3 is 0 Å². The number of aliphatic hydroxyl groups excluding tert-OH is 1. The molecule has 0 fully saturated rings. The summed E-state index contributed by atoms with van der Waals surface area (Å²) in [5.74, 6) is 0. The zero-order chi connectivity index (χ0) is 15.5. The van der Waals surface area contributed by atoms with Gasteiger partial charge in [-0.25, -0.2) is 9.67 Å². The van der Waals surface area contributed by atoms with Crippen molar-refractivity contribution < 1.29 is 5.11 Å². The Morgan fingerprint density at radius 1 is 1.24 bits per heavy atom. The van der Waals surface area contributed by atoms with Crippen molar-refractivity contribution in [2.24, 2.45) is 5.41 Å². The molecule has 0 aliphatic carbocycles. The first-order chi connectivity index (χ1) is 9.89. The fourth-order valence-electron chi connectivity index (χ4n) is 2.25. The quantitative estimate of drug-likeness (QED) is 0.937. The normalized spacial score (nSPS) is 15.8. The molecular weight excluding hydrogens is 262 g/mol. The Bertz CT molecular complexity index is 582. The van der Waals surface area contributed by atoms with Crippen LogP contribution in [0.3, 0.4) is 0 Å². The third kappa shape index (κ3) is 3.79. The van der Waals surface area contributed by atoms with Gasteiger partial charge in [0.25, 0.3) is 0 Å². The Labute approximate surface area is 126 Å². The van der Waals surface area contributed by atoms with E-state index in [1.165, 1.54) is 6.33 Å². The van der Waals surface area contributed by atoms with Crippen LogP contribution < -0.4 is 0 Å². The lowest BCUT2D eigenvalue weighted by atomic mass is 9.84. The van der Waals surface area contributed by atoms with Crippen molar-refractivity contribution in [2.75, 3.05) is 0 Å². The van der Waals surface area contributed by atoms with Crippen LogP contribution in [0, 0.1) is 5.41 Å². The summed E-state index contributed by atoms with van der Waals surface area (Å²) in [6.07, 6.45) is 4.64. The second-order valence-corrected chi connectivity index (χ2v) is 6.39. The maximum atomic E-state index is 10.7. The van der Waals surface area contributed by atoms with Crippen molar-refractivity contribution in [3.05, 3.63) is 54.6 Å². The molecule has 0 aliphatic rings. The summed E-state index contributed by atoms with van der Waals surface area (Å²) in [6.45, 7) is 8.11. The lowest BCUT2D eigenvalue weighted by molar-refractivity contribution is 0.0286. The van der Waals surface area contributed by atoms with Gasteiger partial charge in [-0.1, -0.05) is 57.2 Å². The van der Waals surface area contributed by atoms with Gasteiger partial charge in [0, 0.05) is 0 Å². The molecule has 0 saturated heterocycles. The van der Waals surface area contributed by atoms with Gasteiger partial charge in [0.15, 0.2) is 0 Å². The molecule has 2 aromatic rings. The molecule has 1 aromatic carbocycles. The van der Waals surface area contributed by atoms with E-state index in [-0.39, 0.29) is 11.5 Å². The van der Waals surface area contributed by atoms with Crippen LogP contribution >= 0.6 is 0 Å². The maximum absolute atomic E-state index is 10.7. The van der Waals surface area contributed by atoms with Gasteiger partial charge in [-0.2, -0.15) is 5.10 Å². The van der Waals surface area contributed by atoms with E-state index in [1.807, 2.05) is 39.0 Å². The van der Waals surface area contributed by atoms with Crippen LogP contribution in [0.15, 0.2) is 49.1 Å². The van der Waals surface area contributed by atoms with E-state index in [0.717, 1.165) is 11.1 Å². The zero-order valence-electron chi connectivity index (χ0n) is 13.1. The number of allylic oxidation sites excluding steroid dienone is 1. The highest BCUT2D eigenvalue weighted by atomic mass is 16.3. The van der Waals surface area contributed by atoms with Crippen LogP contribution in [0.2, 0.25) is 0 Å². The molecule has 0 saturated carbocycles. The summed E-state index contributed by atoms with van der Waals surface area (Å²) in [6, 6.07) is 9.90. The second kappa shape index (κ2) is 6.22. The molecule has 0 amide bonds. The van der Waals surface area contributed by atoms with Crippen molar-refractivity contribution >= 4 is 5.57 Å². The van der Waals surface area contributed by atoms with Gasteiger partial charge in [0.05, 0.1) is 12.1 Å². The van der Waals surface area contributed by atoms with E-state index in [1.54, 1.807) is 11.0 Å². The maximum Gasteiger partial charge on any atom is 0.137 e. The van der Waals surface area contributed by atoms with Crippen molar-refractivity contribution in [1.29, 1.82) is 0 Å². The number of hydrogen-bond donors (Lipinski definition) is 1. The SMILES string of the molecule is C/C(=C\C(C(O)C(C)(C)C)n1cncn1)c1ccccc1. The van der Waals surface area contributed by atoms with Crippen LogP contribution in [-0.4, -0.2) is 26.0 Å². The second-order valence-electron chi connectivity index (χ2n) is 6.39. The summed E-state index contributed by atoms with van der Waals surface area (Å²) < 4.78 is 1.71. The van der Waals surface area contributed by atoms with Gasteiger partial charge < -0.3 is 5.11 Å². The number of aliphatic hydroxyl groups is 1. The molecule has 4 nitrogen and oxygen atoms in total. The number of aromatic nitrogens is 3. The minimum Gasteiger partial charge on any atom is -0.390 e. The van der Waals surface area contributed by atoms with Crippen molar-refractivity contribution in [2.45, 2.75) is 39.8 Å². The number of hydrogen-bond acceptors (Lipinski definition) is 3. The minimum absolute atomic E-state index is 0.243. The average Bonchev–Trinajstić information content (AvgIpc) is 2.97. The molecule has 21 heavy (non-hydrogen) atoms. The van der Waals surface area contributed by atoms with E-state index in [9.17, 15) is 5.11 Å². The standard InChI is InChI=1S/C17H23N3O/c1-13(14-8-6-5-7-9-14)10-15(16(21)17(2,3)4)20-12-18-11-19-20/h5-12,15-16,21H,1-4H3/b13-10+.